The van der Waals surface area contributed by atoms with Crippen LogP contribution in [-0.4, -0.2) is 42.5 Å². The van der Waals surface area contributed by atoms with Gasteiger partial charge < -0.3 is 16.0 Å². The highest BCUT2D eigenvalue weighted by Gasteiger charge is 2.26. The van der Waals surface area contributed by atoms with Crippen LogP contribution < -0.4 is 11.1 Å². The summed E-state index contributed by atoms with van der Waals surface area (Å²) in [7, 11) is 0. The topological polar surface area (TPSA) is 58.4 Å². The molecule has 20 heavy (non-hydrogen) atoms. The lowest BCUT2D eigenvalue weighted by molar-refractivity contribution is -0.126. The number of carbonyl (C=O) groups excluding carboxylic acids is 1. The van der Waals surface area contributed by atoms with Crippen LogP contribution in [0.15, 0.2) is 0 Å². The molecule has 0 aromatic rings. The lowest BCUT2D eigenvalue weighted by Crippen LogP contribution is -2.47. The molecule has 0 aromatic heterocycles. The van der Waals surface area contributed by atoms with E-state index in [-0.39, 0.29) is 23.9 Å². The zero-order chi connectivity index (χ0) is 14.5. The molecule has 4 nitrogen and oxygen atoms in total. The Labute approximate surface area is 123 Å². The molecule has 1 heterocycles. The van der Waals surface area contributed by atoms with Crippen molar-refractivity contribution < 1.29 is 4.79 Å². The Hall–Kier alpha value is -0.610. The third kappa shape index (κ3) is 4.74. The first kappa shape index (κ1) is 15.8. The van der Waals surface area contributed by atoms with E-state index in [4.69, 9.17) is 5.73 Å². The minimum absolute atomic E-state index is 0.140. The van der Waals surface area contributed by atoms with Crippen LogP contribution in [0.5, 0.6) is 0 Å². The summed E-state index contributed by atoms with van der Waals surface area (Å²) in [5.74, 6) is 1.15. The Balaban J connectivity index is 1.73. The molecule has 1 saturated carbocycles. The summed E-state index contributed by atoms with van der Waals surface area (Å²) < 4.78 is 0. The summed E-state index contributed by atoms with van der Waals surface area (Å²) in [6.45, 7) is 7.78. The van der Waals surface area contributed by atoms with Crippen molar-refractivity contribution in [1.82, 2.24) is 10.2 Å². The van der Waals surface area contributed by atoms with Gasteiger partial charge in [0.25, 0.3) is 0 Å². The monoisotopic (exact) mass is 281 g/mol. The normalized spacial score (nSPS) is 33.6. The van der Waals surface area contributed by atoms with Crippen molar-refractivity contribution in [2.45, 2.75) is 64.5 Å². The molecule has 1 aliphatic heterocycles. The van der Waals surface area contributed by atoms with E-state index in [2.05, 4.69) is 24.1 Å². The number of hydrogen-bond acceptors (Lipinski definition) is 3. The highest BCUT2D eigenvalue weighted by atomic mass is 16.1. The fraction of sp³-hybridized carbons (Fsp3) is 0.938. The summed E-state index contributed by atoms with van der Waals surface area (Å²) in [4.78, 5) is 14.8. The second-order valence-electron chi connectivity index (χ2n) is 7.04. The van der Waals surface area contributed by atoms with Gasteiger partial charge in [0.05, 0.1) is 0 Å². The van der Waals surface area contributed by atoms with Gasteiger partial charge >= 0.3 is 0 Å². The molecule has 0 aromatic carbocycles. The molecule has 116 valence electrons. The Bertz CT molecular complexity index is 321. The van der Waals surface area contributed by atoms with Gasteiger partial charge in [-0.15, -0.1) is 0 Å². The van der Waals surface area contributed by atoms with Crippen molar-refractivity contribution >= 4 is 5.91 Å². The lowest BCUT2D eigenvalue weighted by Gasteiger charge is -2.33. The standard InChI is InChI=1S/C16H31N3O/c1-12-5-4-8-19(10-12)11-13(2)18-16(20)14-6-3-7-15(17)9-14/h12-15H,3-11,17H2,1-2H3,(H,18,20). The van der Waals surface area contributed by atoms with Crippen LogP contribution in [-0.2, 0) is 4.79 Å². The average molecular weight is 281 g/mol. The molecule has 4 heteroatoms. The first-order valence-electron chi connectivity index (χ1n) is 8.33. The molecule has 2 fully saturated rings. The van der Waals surface area contributed by atoms with Crippen molar-refractivity contribution in [3.05, 3.63) is 0 Å². The molecular weight excluding hydrogens is 250 g/mol. The highest BCUT2D eigenvalue weighted by molar-refractivity contribution is 5.79. The number of nitrogens with two attached hydrogens (primary N) is 1. The van der Waals surface area contributed by atoms with E-state index in [0.717, 1.165) is 38.1 Å². The van der Waals surface area contributed by atoms with E-state index in [1.807, 2.05) is 0 Å². The Morgan fingerprint density at radius 2 is 2.15 bits per heavy atom. The third-order valence-corrected chi connectivity index (χ3v) is 4.75. The Morgan fingerprint density at radius 3 is 2.85 bits per heavy atom. The zero-order valence-electron chi connectivity index (χ0n) is 13.1. The van der Waals surface area contributed by atoms with E-state index in [0.29, 0.717) is 0 Å². The minimum atomic E-state index is 0.140. The molecule has 1 saturated heterocycles. The molecule has 2 rings (SSSR count). The maximum absolute atomic E-state index is 12.3. The summed E-state index contributed by atoms with van der Waals surface area (Å²) >= 11 is 0. The number of carbonyl (C=O) groups is 1. The van der Waals surface area contributed by atoms with Gasteiger partial charge in [-0.25, -0.2) is 0 Å². The van der Waals surface area contributed by atoms with Crippen LogP contribution in [0.25, 0.3) is 0 Å². The van der Waals surface area contributed by atoms with Gasteiger partial charge in [0.1, 0.15) is 0 Å². The first-order valence-corrected chi connectivity index (χ1v) is 8.33. The predicted molar refractivity (Wildman–Crippen MR) is 82.4 cm³/mol. The van der Waals surface area contributed by atoms with Gasteiger partial charge in [-0.1, -0.05) is 13.3 Å². The fourth-order valence-corrected chi connectivity index (χ4v) is 3.71. The highest BCUT2D eigenvalue weighted by Crippen LogP contribution is 2.23. The van der Waals surface area contributed by atoms with Crippen molar-refractivity contribution in [3.63, 3.8) is 0 Å². The van der Waals surface area contributed by atoms with Crippen molar-refractivity contribution in [2.75, 3.05) is 19.6 Å². The molecule has 3 N–H and O–H groups in total. The van der Waals surface area contributed by atoms with Crippen LogP contribution in [0.4, 0.5) is 0 Å². The quantitative estimate of drug-likeness (QED) is 0.825. The zero-order valence-corrected chi connectivity index (χ0v) is 13.1. The number of nitrogens with one attached hydrogen (secondary N) is 1. The second-order valence-corrected chi connectivity index (χ2v) is 7.04. The maximum atomic E-state index is 12.3. The van der Waals surface area contributed by atoms with Crippen molar-refractivity contribution in [3.8, 4) is 0 Å². The maximum Gasteiger partial charge on any atom is 0.223 e. The van der Waals surface area contributed by atoms with E-state index in [9.17, 15) is 4.79 Å². The van der Waals surface area contributed by atoms with Crippen LogP contribution in [0.3, 0.4) is 0 Å². The van der Waals surface area contributed by atoms with E-state index in [1.54, 1.807) is 0 Å². The second kappa shape index (κ2) is 7.41. The fourth-order valence-electron chi connectivity index (χ4n) is 3.71. The van der Waals surface area contributed by atoms with E-state index >= 15 is 0 Å². The van der Waals surface area contributed by atoms with Gasteiger partial charge in [0.15, 0.2) is 0 Å². The number of amides is 1. The van der Waals surface area contributed by atoms with Gasteiger partial charge in [-0.3, -0.25) is 4.79 Å². The summed E-state index contributed by atoms with van der Waals surface area (Å²) in [5.41, 5.74) is 5.97. The Morgan fingerprint density at radius 1 is 1.35 bits per heavy atom. The number of nitrogens with zero attached hydrogens (tertiary/aromatic N) is 1. The molecule has 0 radical (unpaired) electrons. The summed E-state index contributed by atoms with van der Waals surface area (Å²) in [5, 5.41) is 3.20. The van der Waals surface area contributed by atoms with Crippen molar-refractivity contribution in [2.24, 2.45) is 17.6 Å². The van der Waals surface area contributed by atoms with Crippen LogP contribution in [0.1, 0.15) is 52.4 Å². The van der Waals surface area contributed by atoms with Gasteiger partial charge in [0.2, 0.25) is 5.91 Å². The molecule has 1 amide bonds. The third-order valence-electron chi connectivity index (χ3n) is 4.75. The van der Waals surface area contributed by atoms with Gasteiger partial charge in [0, 0.05) is 31.1 Å². The molecule has 4 atom stereocenters. The number of piperidine rings is 1. The largest absolute Gasteiger partial charge is 0.352 e. The molecule has 1 aliphatic carbocycles. The van der Waals surface area contributed by atoms with Crippen LogP contribution >= 0.6 is 0 Å². The first-order chi connectivity index (χ1) is 9.54. The average Bonchev–Trinajstić information content (AvgIpc) is 2.38. The minimum Gasteiger partial charge on any atom is -0.352 e. The molecule has 0 spiro atoms. The van der Waals surface area contributed by atoms with Gasteiger partial charge in [-0.05, 0) is 51.5 Å². The summed E-state index contributed by atoms with van der Waals surface area (Å²) in [6, 6.07) is 0.462. The Kier molecular flexibility index (Phi) is 5.85. The number of hydrogen-bond donors (Lipinski definition) is 2. The molecule has 0 bridgehead atoms. The lowest BCUT2D eigenvalue weighted by atomic mass is 9.85. The molecule has 2 aliphatic rings. The number of likely N-dealkylation sites (tertiary alicyclic amines) is 1. The van der Waals surface area contributed by atoms with E-state index in [1.165, 1.54) is 25.9 Å². The van der Waals surface area contributed by atoms with E-state index < -0.39 is 0 Å². The van der Waals surface area contributed by atoms with Crippen LogP contribution in [0.2, 0.25) is 0 Å². The van der Waals surface area contributed by atoms with Gasteiger partial charge in [-0.2, -0.15) is 0 Å². The summed E-state index contributed by atoms with van der Waals surface area (Å²) in [6.07, 6.45) is 6.67. The van der Waals surface area contributed by atoms with Crippen LogP contribution in [0, 0.1) is 11.8 Å². The smallest absolute Gasteiger partial charge is 0.223 e. The molecule has 4 unspecified atom stereocenters. The predicted octanol–water partition coefficient (Wildman–Crippen LogP) is 1.74. The SMILES string of the molecule is CC1CCCN(CC(C)NC(=O)C2CCCC(N)C2)C1. The number of rotatable bonds is 4. The van der Waals surface area contributed by atoms with Crippen molar-refractivity contribution in [1.29, 1.82) is 0 Å². The molecular formula is C16H31N3O.